The molecule has 0 radical (unpaired) electrons. The highest BCUT2D eigenvalue weighted by Gasteiger charge is 2.20. The van der Waals surface area contributed by atoms with Gasteiger partial charge in [0.05, 0.1) is 18.6 Å². The predicted molar refractivity (Wildman–Crippen MR) is 109 cm³/mol. The number of anilines is 1. The van der Waals surface area contributed by atoms with Gasteiger partial charge in [0.25, 0.3) is 5.91 Å². The van der Waals surface area contributed by atoms with Crippen LogP contribution in [0.2, 0.25) is 0 Å². The zero-order chi connectivity index (χ0) is 17.4. The largest absolute Gasteiger partial charge is 0.480 e. The number of nitrogens with zero attached hydrogens (tertiary/aromatic N) is 1. The van der Waals surface area contributed by atoms with E-state index in [1.54, 1.807) is 48.6 Å². The molecule has 10 heteroatoms. The summed E-state index contributed by atoms with van der Waals surface area (Å²) in [6, 6.07) is 6.01. The highest BCUT2D eigenvalue weighted by molar-refractivity contribution is 7.98. The van der Waals surface area contributed by atoms with E-state index in [0.717, 1.165) is 11.4 Å². The number of aliphatic carboxylic acids is 1. The average Bonchev–Trinajstić information content (AvgIpc) is 3.10. The first kappa shape index (κ1) is 24.1. The first-order valence-electron chi connectivity index (χ1n) is 7.44. The van der Waals surface area contributed by atoms with E-state index < -0.39 is 12.0 Å². The number of hydrogen-bond acceptors (Lipinski definition) is 5. The van der Waals surface area contributed by atoms with Crippen LogP contribution in [0.15, 0.2) is 36.8 Å². The smallest absolute Gasteiger partial charge is 0.326 e. The normalized spacial score (nSPS) is 10.8. The Morgan fingerprint density at radius 2 is 1.96 bits per heavy atom. The third-order valence-electron chi connectivity index (χ3n) is 3.39. The van der Waals surface area contributed by atoms with Crippen molar-refractivity contribution in [1.82, 2.24) is 15.3 Å². The molecule has 0 unspecified atom stereocenters. The molecule has 4 N–H and O–H groups in total. The van der Waals surface area contributed by atoms with Crippen molar-refractivity contribution in [2.45, 2.75) is 19.0 Å². The number of aromatic nitrogens is 2. The van der Waals surface area contributed by atoms with Gasteiger partial charge in [0.1, 0.15) is 6.04 Å². The molecule has 2 aromatic rings. The summed E-state index contributed by atoms with van der Waals surface area (Å²) >= 11 is 1.55. The number of nitrogens with one attached hydrogen (secondary N) is 3. The number of imidazole rings is 1. The summed E-state index contributed by atoms with van der Waals surface area (Å²) in [6.45, 7) is 0.574. The third kappa shape index (κ3) is 7.55. The molecular weight excluding hydrogens is 399 g/mol. The Balaban J connectivity index is 0.00000312. The summed E-state index contributed by atoms with van der Waals surface area (Å²) in [5, 5.41) is 14.9. The number of carbonyl (C=O) groups excluding carboxylic acids is 1. The monoisotopic (exact) mass is 420 g/mol. The van der Waals surface area contributed by atoms with Crippen molar-refractivity contribution in [3.8, 4) is 0 Å². The molecule has 144 valence electrons. The zero-order valence-electron chi connectivity index (χ0n) is 14.1. The highest BCUT2D eigenvalue weighted by Crippen LogP contribution is 2.11. The first-order chi connectivity index (χ1) is 11.6. The number of carboxylic acid groups (broad SMARTS) is 1. The van der Waals surface area contributed by atoms with Gasteiger partial charge >= 0.3 is 5.97 Å². The molecule has 1 aromatic carbocycles. The fourth-order valence-electron chi connectivity index (χ4n) is 2.05. The first-order valence-corrected chi connectivity index (χ1v) is 8.83. The molecular formula is C16H22Cl2N4O3S. The summed E-state index contributed by atoms with van der Waals surface area (Å²) in [6.07, 6.45) is 5.71. The van der Waals surface area contributed by atoms with Crippen molar-refractivity contribution in [2.75, 3.05) is 17.3 Å². The lowest BCUT2D eigenvalue weighted by Crippen LogP contribution is -2.41. The van der Waals surface area contributed by atoms with E-state index in [-0.39, 0.29) is 30.7 Å². The van der Waals surface area contributed by atoms with Crippen LogP contribution < -0.4 is 10.6 Å². The molecule has 0 fully saturated rings. The van der Waals surface area contributed by atoms with Gasteiger partial charge in [0, 0.05) is 17.4 Å². The highest BCUT2D eigenvalue weighted by atomic mass is 35.5. The van der Waals surface area contributed by atoms with Gasteiger partial charge in [0.2, 0.25) is 0 Å². The van der Waals surface area contributed by atoms with E-state index in [9.17, 15) is 9.59 Å². The van der Waals surface area contributed by atoms with Crippen LogP contribution >= 0.6 is 36.6 Å². The van der Waals surface area contributed by atoms with Crippen molar-refractivity contribution in [3.05, 3.63) is 48.0 Å². The Labute approximate surface area is 168 Å². The van der Waals surface area contributed by atoms with E-state index >= 15 is 0 Å². The van der Waals surface area contributed by atoms with Crippen molar-refractivity contribution in [3.63, 3.8) is 0 Å². The lowest BCUT2D eigenvalue weighted by Gasteiger charge is -2.14. The molecule has 0 aliphatic rings. The number of rotatable bonds is 9. The van der Waals surface area contributed by atoms with Crippen LogP contribution in [0.1, 0.15) is 22.5 Å². The van der Waals surface area contributed by atoms with Crippen LogP contribution in [0.4, 0.5) is 5.69 Å². The molecule has 0 saturated heterocycles. The predicted octanol–water partition coefficient (Wildman–Crippen LogP) is 2.80. The minimum atomic E-state index is -1.02. The summed E-state index contributed by atoms with van der Waals surface area (Å²) in [7, 11) is 0. The van der Waals surface area contributed by atoms with Crippen LogP contribution in [0.25, 0.3) is 0 Å². The second-order valence-electron chi connectivity index (χ2n) is 5.14. The number of carboxylic acids is 1. The fourth-order valence-corrected chi connectivity index (χ4v) is 2.53. The zero-order valence-corrected chi connectivity index (χ0v) is 16.5. The third-order valence-corrected chi connectivity index (χ3v) is 4.03. The number of hydrogen-bond donors (Lipinski definition) is 4. The van der Waals surface area contributed by atoms with E-state index in [1.807, 2.05) is 6.26 Å². The molecule has 1 atom stereocenters. The molecule has 7 nitrogen and oxygen atoms in total. The summed E-state index contributed by atoms with van der Waals surface area (Å²) in [5.41, 5.74) is 2.16. The minimum absolute atomic E-state index is 0. The van der Waals surface area contributed by atoms with E-state index in [0.29, 0.717) is 24.3 Å². The second kappa shape index (κ2) is 12.5. The number of benzene rings is 1. The average molecular weight is 421 g/mol. The van der Waals surface area contributed by atoms with Gasteiger partial charge in [-0.05, 0) is 42.7 Å². The lowest BCUT2D eigenvalue weighted by atomic mass is 10.1. The quantitative estimate of drug-likeness (QED) is 0.496. The fraction of sp³-hybridized carbons (Fsp3) is 0.312. The van der Waals surface area contributed by atoms with Crippen LogP contribution in [0.3, 0.4) is 0 Å². The number of carbonyl (C=O) groups is 2. The number of amides is 1. The maximum absolute atomic E-state index is 12.2. The lowest BCUT2D eigenvalue weighted by molar-refractivity contribution is -0.139. The van der Waals surface area contributed by atoms with Gasteiger partial charge in [-0.25, -0.2) is 9.78 Å². The molecule has 1 amide bonds. The van der Waals surface area contributed by atoms with Gasteiger partial charge in [-0.1, -0.05) is 0 Å². The number of H-pyrrole nitrogens is 1. The maximum atomic E-state index is 12.2. The van der Waals surface area contributed by atoms with Crippen LogP contribution in [0, 0.1) is 0 Å². The number of halogens is 2. The Morgan fingerprint density at radius 3 is 2.50 bits per heavy atom. The Morgan fingerprint density at radius 1 is 1.27 bits per heavy atom. The Kier molecular flexibility index (Phi) is 11.5. The van der Waals surface area contributed by atoms with E-state index in [2.05, 4.69) is 20.6 Å². The summed E-state index contributed by atoms with van der Waals surface area (Å²) < 4.78 is 0. The van der Waals surface area contributed by atoms with Crippen molar-refractivity contribution in [2.24, 2.45) is 0 Å². The maximum Gasteiger partial charge on any atom is 0.326 e. The number of thioether (sulfide) groups is 1. The number of aromatic amines is 1. The SMILES string of the molecule is CSCC[C@H](NC(=O)c1ccc(NCc2c[nH]cn2)cc1)C(=O)O.Cl.Cl. The van der Waals surface area contributed by atoms with E-state index in [4.69, 9.17) is 5.11 Å². The minimum Gasteiger partial charge on any atom is -0.480 e. The standard InChI is InChI=1S/C16H20N4O3S.2ClH/c1-24-7-6-14(16(22)23)20-15(21)11-2-4-12(5-3-11)18-9-13-8-17-10-19-13;;/h2-5,8,10,14,18H,6-7,9H2,1H3,(H,17,19)(H,20,21)(H,22,23);2*1H/t14-;;/m0../s1. The van der Waals surface area contributed by atoms with Gasteiger partial charge in [-0.2, -0.15) is 11.8 Å². The molecule has 2 rings (SSSR count). The van der Waals surface area contributed by atoms with Crippen LogP contribution in [0.5, 0.6) is 0 Å². The van der Waals surface area contributed by atoms with Crippen LogP contribution in [-0.2, 0) is 11.3 Å². The van der Waals surface area contributed by atoms with Gasteiger partial charge in [-0.15, -0.1) is 24.8 Å². The van der Waals surface area contributed by atoms with E-state index in [1.165, 1.54) is 0 Å². The molecule has 0 saturated carbocycles. The van der Waals surface area contributed by atoms with Crippen LogP contribution in [-0.4, -0.2) is 45.0 Å². The molecule has 26 heavy (non-hydrogen) atoms. The Bertz CT molecular complexity index is 669. The van der Waals surface area contributed by atoms with Gasteiger partial charge in [-0.3, -0.25) is 4.79 Å². The molecule has 0 spiro atoms. The van der Waals surface area contributed by atoms with Crippen molar-refractivity contribution >= 4 is 54.1 Å². The molecule has 0 aliphatic heterocycles. The molecule has 1 heterocycles. The Hall–Kier alpha value is -1.90. The molecule has 0 bridgehead atoms. The van der Waals surface area contributed by atoms with Gasteiger partial charge in [0.15, 0.2) is 0 Å². The molecule has 0 aliphatic carbocycles. The van der Waals surface area contributed by atoms with Gasteiger partial charge < -0.3 is 20.7 Å². The van der Waals surface area contributed by atoms with Crippen molar-refractivity contribution in [1.29, 1.82) is 0 Å². The second-order valence-corrected chi connectivity index (χ2v) is 6.12. The summed E-state index contributed by atoms with van der Waals surface area (Å²) in [4.78, 5) is 30.3. The van der Waals surface area contributed by atoms with Crippen molar-refractivity contribution < 1.29 is 14.7 Å². The topological polar surface area (TPSA) is 107 Å². The summed E-state index contributed by atoms with van der Waals surface area (Å²) in [5.74, 6) is -0.732. The molecule has 1 aromatic heterocycles.